The molecule has 0 saturated carbocycles. The quantitative estimate of drug-likeness (QED) is 0.303. The Morgan fingerprint density at radius 3 is 2.62 bits per heavy atom. The molecule has 1 atom stereocenters. The molecule has 0 spiro atoms. The normalized spacial score (nSPS) is 19.6. The Labute approximate surface area is 211 Å². The van der Waals surface area contributed by atoms with E-state index in [0.29, 0.717) is 5.58 Å². The standard InChI is InChI=1S/C28H35FN2OS2/c29-23-10-11-25-26(20-23)32-30-28(25)24(22-6-2-1-3-7-22)8-4-15-31-16-13-21(14-17-31)9-12-27-33-18-5-19-34-27/h1-3,6-7,10-11,20-21,24,27H,4-5,8-9,12-19H2. The van der Waals surface area contributed by atoms with Gasteiger partial charge in [-0.05, 0) is 99.7 Å². The molecule has 3 aromatic rings. The molecule has 2 fully saturated rings. The van der Waals surface area contributed by atoms with E-state index < -0.39 is 0 Å². The second kappa shape index (κ2) is 12.0. The van der Waals surface area contributed by atoms with Crippen molar-refractivity contribution in [3.63, 3.8) is 0 Å². The van der Waals surface area contributed by atoms with Gasteiger partial charge >= 0.3 is 0 Å². The van der Waals surface area contributed by atoms with E-state index in [-0.39, 0.29) is 11.7 Å². The van der Waals surface area contributed by atoms with E-state index in [2.05, 4.69) is 57.8 Å². The molecule has 2 saturated heterocycles. The van der Waals surface area contributed by atoms with Crippen LogP contribution in [-0.2, 0) is 0 Å². The fraction of sp³-hybridized carbons (Fsp3) is 0.536. The fourth-order valence-corrected chi connectivity index (χ4v) is 8.32. The molecule has 2 aliphatic rings. The van der Waals surface area contributed by atoms with Crippen molar-refractivity contribution in [1.29, 1.82) is 0 Å². The first-order chi connectivity index (χ1) is 16.8. The summed E-state index contributed by atoms with van der Waals surface area (Å²) in [7, 11) is 0. The molecule has 34 heavy (non-hydrogen) atoms. The molecule has 0 amide bonds. The molecule has 2 aromatic carbocycles. The van der Waals surface area contributed by atoms with Crippen LogP contribution in [0.15, 0.2) is 53.1 Å². The predicted molar refractivity (Wildman–Crippen MR) is 143 cm³/mol. The fourth-order valence-electron chi connectivity index (χ4n) is 5.42. The van der Waals surface area contributed by atoms with Gasteiger partial charge in [-0.3, -0.25) is 0 Å². The average molecular weight is 499 g/mol. The Morgan fingerprint density at radius 2 is 1.82 bits per heavy atom. The highest BCUT2D eigenvalue weighted by atomic mass is 32.2. The van der Waals surface area contributed by atoms with Gasteiger partial charge in [0.25, 0.3) is 0 Å². The lowest BCUT2D eigenvalue weighted by Gasteiger charge is -2.33. The van der Waals surface area contributed by atoms with Crippen LogP contribution >= 0.6 is 23.5 Å². The second-order valence-electron chi connectivity index (χ2n) is 9.70. The Hall–Kier alpha value is -1.50. The highest BCUT2D eigenvalue weighted by molar-refractivity contribution is 8.17. The number of nitrogens with zero attached hydrogens (tertiary/aromatic N) is 2. The first-order valence-corrected chi connectivity index (χ1v) is 14.9. The summed E-state index contributed by atoms with van der Waals surface area (Å²) in [6.45, 7) is 3.60. The number of piperidine rings is 1. The Morgan fingerprint density at radius 1 is 1.03 bits per heavy atom. The van der Waals surface area contributed by atoms with E-state index in [0.717, 1.165) is 41.0 Å². The van der Waals surface area contributed by atoms with Gasteiger partial charge in [0.15, 0.2) is 5.58 Å². The number of aromatic nitrogens is 1. The van der Waals surface area contributed by atoms with Gasteiger partial charge in [0.2, 0.25) is 0 Å². The molecule has 182 valence electrons. The number of hydrogen-bond donors (Lipinski definition) is 0. The summed E-state index contributed by atoms with van der Waals surface area (Å²) in [5.74, 6) is 3.52. The third-order valence-electron chi connectivity index (χ3n) is 7.38. The van der Waals surface area contributed by atoms with Crippen LogP contribution in [0.2, 0.25) is 0 Å². The Kier molecular flexibility index (Phi) is 8.51. The van der Waals surface area contributed by atoms with Crippen LogP contribution in [-0.4, -0.2) is 45.8 Å². The summed E-state index contributed by atoms with van der Waals surface area (Å²) < 4.78 is 20.0. The summed E-state index contributed by atoms with van der Waals surface area (Å²) in [5.41, 5.74) is 2.71. The largest absolute Gasteiger partial charge is 0.356 e. The van der Waals surface area contributed by atoms with Crippen LogP contribution in [0.5, 0.6) is 0 Å². The molecule has 0 radical (unpaired) electrons. The van der Waals surface area contributed by atoms with Crippen molar-refractivity contribution in [1.82, 2.24) is 10.1 Å². The van der Waals surface area contributed by atoms with E-state index in [4.69, 9.17) is 4.52 Å². The van der Waals surface area contributed by atoms with Crippen molar-refractivity contribution in [2.24, 2.45) is 5.92 Å². The van der Waals surface area contributed by atoms with Gasteiger partial charge in [-0.1, -0.05) is 35.5 Å². The number of likely N-dealkylation sites (tertiary alicyclic amines) is 1. The predicted octanol–water partition coefficient (Wildman–Crippen LogP) is 7.57. The van der Waals surface area contributed by atoms with Gasteiger partial charge in [-0.2, -0.15) is 0 Å². The van der Waals surface area contributed by atoms with E-state index in [9.17, 15) is 4.39 Å². The zero-order valence-electron chi connectivity index (χ0n) is 19.8. The van der Waals surface area contributed by atoms with E-state index in [1.165, 1.54) is 74.4 Å². The number of hydrogen-bond acceptors (Lipinski definition) is 5. The lowest BCUT2D eigenvalue weighted by Crippen LogP contribution is -2.34. The van der Waals surface area contributed by atoms with Crippen LogP contribution < -0.4 is 0 Å². The zero-order valence-corrected chi connectivity index (χ0v) is 21.5. The van der Waals surface area contributed by atoms with Crippen LogP contribution in [0.4, 0.5) is 4.39 Å². The molecule has 0 N–H and O–H groups in total. The maximum absolute atomic E-state index is 13.7. The summed E-state index contributed by atoms with van der Waals surface area (Å²) in [5, 5.41) is 5.31. The lowest BCUT2D eigenvalue weighted by atomic mass is 9.89. The summed E-state index contributed by atoms with van der Waals surface area (Å²) >= 11 is 4.37. The number of halogens is 1. The lowest BCUT2D eigenvalue weighted by molar-refractivity contribution is 0.175. The maximum Gasteiger partial charge on any atom is 0.170 e. The summed E-state index contributed by atoms with van der Waals surface area (Å²) in [4.78, 5) is 2.65. The number of benzene rings is 2. The minimum Gasteiger partial charge on any atom is -0.356 e. The summed E-state index contributed by atoms with van der Waals surface area (Å²) in [6, 6.07) is 15.3. The molecule has 1 aromatic heterocycles. The van der Waals surface area contributed by atoms with E-state index in [1.54, 1.807) is 0 Å². The maximum atomic E-state index is 13.7. The number of rotatable bonds is 9. The first-order valence-electron chi connectivity index (χ1n) is 12.8. The molecule has 0 aliphatic carbocycles. The van der Waals surface area contributed by atoms with E-state index >= 15 is 0 Å². The minimum atomic E-state index is -0.286. The van der Waals surface area contributed by atoms with Gasteiger partial charge in [0, 0.05) is 17.4 Å². The van der Waals surface area contributed by atoms with Crippen molar-refractivity contribution >= 4 is 34.5 Å². The van der Waals surface area contributed by atoms with Gasteiger partial charge in [-0.25, -0.2) is 4.39 Å². The zero-order chi connectivity index (χ0) is 23.2. The highest BCUT2D eigenvalue weighted by Gasteiger charge is 2.24. The Bertz CT molecular complexity index is 1030. The van der Waals surface area contributed by atoms with Crippen molar-refractivity contribution < 1.29 is 8.91 Å². The third-order valence-corrected chi connectivity index (χ3v) is 10.5. The summed E-state index contributed by atoms with van der Waals surface area (Å²) in [6.07, 6.45) is 9.03. The molecule has 6 heteroatoms. The number of thioether (sulfide) groups is 2. The van der Waals surface area contributed by atoms with Crippen molar-refractivity contribution in [2.45, 2.75) is 55.4 Å². The molecular weight excluding hydrogens is 463 g/mol. The molecule has 3 nitrogen and oxygen atoms in total. The van der Waals surface area contributed by atoms with Gasteiger partial charge in [0.05, 0.1) is 10.3 Å². The van der Waals surface area contributed by atoms with Gasteiger partial charge < -0.3 is 9.42 Å². The minimum absolute atomic E-state index is 0.163. The smallest absolute Gasteiger partial charge is 0.170 e. The first kappa shape index (κ1) is 24.2. The van der Waals surface area contributed by atoms with Gasteiger partial charge in [-0.15, -0.1) is 23.5 Å². The molecule has 5 rings (SSSR count). The highest BCUT2D eigenvalue weighted by Crippen LogP contribution is 2.36. The Balaban J connectivity index is 1.14. The third kappa shape index (κ3) is 6.19. The molecular formula is C28H35FN2OS2. The average Bonchev–Trinajstić information content (AvgIpc) is 3.30. The SMILES string of the molecule is Fc1ccc2c(C(CCCN3CCC(CCC4SCCCS4)CC3)c3ccccc3)noc2c1. The van der Waals surface area contributed by atoms with Gasteiger partial charge in [0.1, 0.15) is 5.82 Å². The molecule has 1 unspecified atom stereocenters. The van der Waals surface area contributed by atoms with Crippen LogP contribution in [0.1, 0.15) is 62.1 Å². The van der Waals surface area contributed by atoms with E-state index in [1.807, 2.05) is 12.1 Å². The number of fused-ring (bicyclic) bond motifs is 1. The topological polar surface area (TPSA) is 29.3 Å². The van der Waals surface area contributed by atoms with Crippen LogP contribution in [0, 0.1) is 11.7 Å². The molecule has 0 bridgehead atoms. The van der Waals surface area contributed by atoms with Crippen molar-refractivity contribution in [2.75, 3.05) is 31.1 Å². The monoisotopic (exact) mass is 498 g/mol. The van der Waals surface area contributed by atoms with Crippen molar-refractivity contribution in [3.8, 4) is 0 Å². The van der Waals surface area contributed by atoms with Crippen molar-refractivity contribution in [3.05, 3.63) is 65.6 Å². The van der Waals surface area contributed by atoms with Crippen LogP contribution in [0.25, 0.3) is 11.0 Å². The van der Waals surface area contributed by atoms with Crippen LogP contribution in [0.3, 0.4) is 0 Å². The molecule has 3 heterocycles. The molecule has 2 aliphatic heterocycles. The second-order valence-corrected chi connectivity index (χ2v) is 12.6.